The zero-order valence-corrected chi connectivity index (χ0v) is 31.5. The van der Waals surface area contributed by atoms with Crippen LogP contribution >= 0.6 is 0 Å². The SMILES string of the molecule is COC(=O)c1cc2c(cc1C(=O)OC)C#Cc1cc(OC)c(OC)cc1C#Cc1cc(C(=O)OC)c(C(=O)OC)cc1C#Cc1cc(OC)c(OC)cc1C#C2. The van der Waals surface area contributed by atoms with Crippen LogP contribution in [0, 0.1) is 47.4 Å². The summed E-state index contributed by atoms with van der Waals surface area (Å²) in [6.45, 7) is 0. The second kappa shape index (κ2) is 17.4. The Kier molecular flexibility index (Phi) is 12.2. The molecule has 280 valence electrons. The molecule has 1 aliphatic rings. The molecule has 0 N–H and O–H groups in total. The first-order valence-electron chi connectivity index (χ1n) is 16.3. The number of rotatable bonds is 8. The van der Waals surface area contributed by atoms with Crippen molar-refractivity contribution in [2.24, 2.45) is 0 Å². The number of ether oxygens (including phenoxy) is 8. The van der Waals surface area contributed by atoms with Gasteiger partial charge in [-0.3, -0.25) is 0 Å². The maximum absolute atomic E-state index is 12.9. The maximum atomic E-state index is 12.9. The molecule has 0 heterocycles. The lowest BCUT2D eigenvalue weighted by Crippen LogP contribution is -2.13. The van der Waals surface area contributed by atoms with E-state index in [-0.39, 0.29) is 44.5 Å². The molecule has 4 aromatic carbocycles. The summed E-state index contributed by atoms with van der Waals surface area (Å²) >= 11 is 0. The lowest BCUT2D eigenvalue weighted by atomic mass is 9.96. The first-order chi connectivity index (χ1) is 27.0. The molecule has 56 heavy (non-hydrogen) atoms. The highest BCUT2D eigenvalue weighted by Gasteiger charge is 2.23. The lowest BCUT2D eigenvalue weighted by Gasteiger charge is -2.11. The van der Waals surface area contributed by atoms with Crippen LogP contribution in [0.3, 0.4) is 0 Å². The van der Waals surface area contributed by atoms with E-state index in [0.29, 0.717) is 45.3 Å². The van der Waals surface area contributed by atoms with Gasteiger partial charge in [0.25, 0.3) is 0 Å². The van der Waals surface area contributed by atoms with Gasteiger partial charge in [0.2, 0.25) is 0 Å². The number of carbonyl (C=O) groups excluding carboxylic acids is 4. The Morgan fingerprint density at radius 1 is 0.304 bits per heavy atom. The van der Waals surface area contributed by atoms with Gasteiger partial charge in [-0.2, -0.15) is 0 Å². The summed E-state index contributed by atoms with van der Waals surface area (Å²) in [4.78, 5) is 51.7. The van der Waals surface area contributed by atoms with E-state index in [1.165, 1.54) is 81.1 Å². The van der Waals surface area contributed by atoms with E-state index in [4.69, 9.17) is 37.9 Å². The van der Waals surface area contributed by atoms with Gasteiger partial charge in [0, 0.05) is 68.8 Å². The molecule has 0 amide bonds. The van der Waals surface area contributed by atoms with E-state index in [9.17, 15) is 19.2 Å². The number of methoxy groups -OCH3 is 8. The molecule has 0 saturated carbocycles. The highest BCUT2D eigenvalue weighted by atomic mass is 16.5. The Hall–Kier alpha value is -7.80. The van der Waals surface area contributed by atoms with Crippen LogP contribution in [-0.4, -0.2) is 80.8 Å². The van der Waals surface area contributed by atoms with Crippen LogP contribution in [0.5, 0.6) is 23.0 Å². The predicted octanol–water partition coefficient (Wildman–Crippen LogP) is 4.78. The largest absolute Gasteiger partial charge is 0.493 e. The van der Waals surface area contributed by atoms with Crippen LogP contribution in [0.25, 0.3) is 0 Å². The fraction of sp³-hybridized carbons (Fsp3) is 0.182. The lowest BCUT2D eigenvalue weighted by molar-refractivity contribution is 0.0555. The van der Waals surface area contributed by atoms with E-state index >= 15 is 0 Å². The van der Waals surface area contributed by atoms with Crippen LogP contribution in [0.2, 0.25) is 0 Å². The van der Waals surface area contributed by atoms with Crippen LogP contribution in [0.15, 0.2) is 48.5 Å². The molecule has 4 aromatic rings. The van der Waals surface area contributed by atoms with E-state index in [0.717, 1.165) is 0 Å². The molecule has 0 radical (unpaired) electrons. The Balaban J connectivity index is 1.97. The number of benzene rings is 4. The van der Waals surface area contributed by atoms with Gasteiger partial charge in [-0.05, 0) is 24.3 Å². The summed E-state index contributed by atoms with van der Waals surface area (Å²) in [5, 5.41) is 0. The van der Waals surface area contributed by atoms with Gasteiger partial charge in [0.05, 0.1) is 79.1 Å². The minimum Gasteiger partial charge on any atom is -0.493 e. The topological polar surface area (TPSA) is 142 Å². The van der Waals surface area contributed by atoms with Crippen molar-refractivity contribution in [1.29, 1.82) is 0 Å². The van der Waals surface area contributed by atoms with Gasteiger partial charge >= 0.3 is 23.9 Å². The smallest absolute Gasteiger partial charge is 0.338 e. The Morgan fingerprint density at radius 2 is 0.464 bits per heavy atom. The van der Waals surface area contributed by atoms with Crippen LogP contribution in [0.1, 0.15) is 85.9 Å². The molecule has 0 aliphatic heterocycles. The zero-order valence-electron chi connectivity index (χ0n) is 31.5. The van der Waals surface area contributed by atoms with Crippen molar-refractivity contribution in [1.82, 2.24) is 0 Å². The molecule has 0 aromatic heterocycles. The number of fused-ring (bicyclic) bond motifs is 4. The summed E-state index contributed by atoms with van der Waals surface area (Å²) in [6, 6.07) is 12.0. The summed E-state index contributed by atoms with van der Waals surface area (Å²) < 4.78 is 42.1. The first kappa shape index (κ1) is 39.4. The summed E-state index contributed by atoms with van der Waals surface area (Å²) in [6.07, 6.45) is 0. The quantitative estimate of drug-likeness (QED) is 0.122. The van der Waals surface area contributed by atoms with Crippen molar-refractivity contribution in [2.45, 2.75) is 0 Å². The average molecular weight is 753 g/mol. The molecular formula is C44H32O12. The van der Waals surface area contributed by atoms with E-state index in [2.05, 4.69) is 47.4 Å². The van der Waals surface area contributed by atoms with Gasteiger partial charge in [0.1, 0.15) is 0 Å². The van der Waals surface area contributed by atoms with Gasteiger partial charge in [0.15, 0.2) is 23.0 Å². The molecule has 0 fully saturated rings. The Labute approximate surface area is 322 Å². The van der Waals surface area contributed by atoms with Gasteiger partial charge in [-0.1, -0.05) is 47.4 Å². The van der Waals surface area contributed by atoms with Gasteiger partial charge in [-0.25, -0.2) is 19.2 Å². The third kappa shape index (κ3) is 8.06. The minimum absolute atomic E-state index is 0.0991. The van der Waals surface area contributed by atoms with Crippen molar-refractivity contribution in [2.75, 3.05) is 56.9 Å². The van der Waals surface area contributed by atoms with E-state index in [1.807, 2.05) is 0 Å². The van der Waals surface area contributed by atoms with Crippen molar-refractivity contribution in [3.63, 3.8) is 0 Å². The van der Waals surface area contributed by atoms with Crippen LogP contribution in [0.4, 0.5) is 0 Å². The third-order valence-corrected chi connectivity index (χ3v) is 8.31. The predicted molar refractivity (Wildman–Crippen MR) is 201 cm³/mol. The third-order valence-electron chi connectivity index (χ3n) is 8.31. The highest BCUT2D eigenvalue weighted by molar-refractivity contribution is 6.05. The maximum Gasteiger partial charge on any atom is 0.338 e. The number of hydrogen-bond donors (Lipinski definition) is 0. The summed E-state index contributed by atoms with van der Waals surface area (Å²) in [5.74, 6) is 22.9. The zero-order chi connectivity index (χ0) is 40.5. The average Bonchev–Trinajstić information content (AvgIpc) is 3.23. The van der Waals surface area contributed by atoms with Crippen molar-refractivity contribution >= 4 is 23.9 Å². The second-order valence-corrected chi connectivity index (χ2v) is 11.4. The molecule has 0 atom stereocenters. The summed E-state index contributed by atoms with van der Waals surface area (Å²) in [5.41, 5.74) is 2.08. The molecule has 1 aliphatic carbocycles. The molecule has 0 spiro atoms. The molecule has 5 rings (SSSR count). The van der Waals surface area contributed by atoms with E-state index < -0.39 is 23.9 Å². The van der Waals surface area contributed by atoms with Crippen molar-refractivity contribution in [3.8, 4) is 70.4 Å². The van der Waals surface area contributed by atoms with E-state index in [1.54, 1.807) is 24.3 Å². The number of hydrogen-bond acceptors (Lipinski definition) is 12. The molecule has 12 heteroatoms. The van der Waals surface area contributed by atoms with Crippen molar-refractivity contribution in [3.05, 3.63) is 115 Å². The molecular weight excluding hydrogens is 720 g/mol. The molecule has 12 nitrogen and oxygen atoms in total. The number of esters is 4. The minimum atomic E-state index is -0.800. The monoisotopic (exact) mass is 752 g/mol. The standard InChI is InChI=1S/C44H32O12/c1-49-37-21-29-13-9-25-17-33(41(45)53-5)35(43(47)55-7)19-27(25)11-15-31-23-39(51-3)40(52-4)24-32(31)16-12-28-20-36(44(48)56-8)34(42(46)54-6)18-26(28)10-14-30(29)22-38(37)50-2/h17-24H,1-8H3. The van der Waals surface area contributed by atoms with Gasteiger partial charge < -0.3 is 37.9 Å². The molecule has 0 unspecified atom stereocenters. The second-order valence-electron chi connectivity index (χ2n) is 11.4. The summed E-state index contributed by atoms with van der Waals surface area (Å²) in [7, 11) is 10.6. The van der Waals surface area contributed by atoms with Crippen LogP contribution in [-0.2, 0) is 18.9 Å². The highest BCUT2D eigenvalue weighted by Crippen LogP contribution is 2.32. The normalized spacial score (nSPS) is 10.4. The van der Waals surface area contributed by atoms with Crippen molar-refractivity contribution < 1.29 is 57.1 Å². The molecule has 0 saturated heterocycles. The fourth-order valence-electron chi connectivity index (χ4n) is 5.44. The van der Waals surface area contributed by atoms with Gasteiger partial charge in [-0.15, -0.1) is 0 Å². The Morgan fingerprint density at radius 3 is 0.607 bits per heavy atom. The van der Waals surface area contributed by atoms with Crippen LogP contribution < -0.4 is 18.9 Å². The first-order valence-corrected chi connectivity index (χ1v) is 16.3. The molecule has 0 bridgehead atoms. The fourth-order valence-corrected chi connectivity index (χ4v) is 5.44. The Bertz CT molecular complexity index is 2210. The number of carbonyl (C=O) groups is 4.